The van der Waals surface area contributed by atoms with Gasteiger partial charge in [0.25, 0.3) is 5.56 Å². The highest BCUT2D eigenvalue weighted by Gasteiger charge is 2.16. The molecule has 6 nitrogen and oxygen atoms in total. The van der Waals surface area contributed by atoms with Crippen molar-refractivity contribution in [1.29, 1.82) is 0 Å². The number of hydrogen-bond acceptors (Lipinski definition) is 4. The second-order valence-corrected chi connectivity index (χ2v) is 7.30. The minimum absolute atomic E-state index is 0.144. The highest BCUT2D eigenvalue weighted by Crippen LogP contribution is 2.28. The van der Waals surface area contributed by atoms with Crippen molar-refractivity contribution in [3.8, 4) is 11.6 Å². The Labute approximate surface area is 167 Å². The molecule has 0 aliphatic heterocycles. The van der Waals surface area contributed by atoms with Crippen molar-refractivity contribution in [3.05, 3.63) is 83.4 Å². The molecule has 2 aromatic carbocycles. The van der Waals surface area contributed by atoms with Gasteiger partial charge in [-0.3, -0.25) is 14.8 Å². The first-order valence-corrected chi connectivity index (χ1v) is 9.10. The number of nitrogens with one attached hydrogen (secondary N) is 1. The molecule has 0 aliphatic rings. The summed E-state index contributed by atoms with van der Waals surface area (Å²) in [6.07, 6.45) is 1.18. The van der Waals surface area contributed by atoms with Gasteiger partial charge in [-0.1, -0.05) is 39.7 Å². The van der Waals surface area contributed by atoms with Crippen LogP contribution in [0.2, 0.25) is 5.02 Å². The van der Waals surface area contributed by atoms with Crippen molar-refractivity contribution in [2.24, 2.45) is 4.99 Å². The topological polar surface area (TPSA) is 87.4 Å². The Hall–Kier alpha value is -2.64. The molecule has 0 unspecified atom stereocenters. The van der Waals surface area contributed by atoms with Crippen molar-refractivity contribution in [3.63, 3.8) is 0 Å². The summed E-state index contributed by atoms with van der Waals surface area (Å²) in [6, 6.07) is 10.5. The van der Waals surface area contributed by atoms with Gasteiger partial charge in [-0.2, -0.15) is 0 Å². The summed E-state index contributed by atoms with van der Waals surface area (Å²) >= 11 is 9.42. The van der Waals surface area contributed by atoms with Crippen molar-refractivity contribution in [2.75, 3.05) is 0 Å². The van der Waals surface area contributed by atoms with Gasteiger partial charge in [0.1, 0.15) is 5.56 Å². The normalized spacial score (nSPS) is 11.3. The van der Waals surface area contributed by atoms with Crippen LogP contribution >= 0.6 is 27.5 Å². The van der Waals surface area contributed by atoms with Gasteiger partial charge < -0.3 is 5.11 Å². The zero-order valence-corrected chi connectivity index (χ0v) is 16.8. The summed E-state index contributed by atoms with van der Waals surface area (Å²) in [4.78, 5) is 30.9. The van der Waals surface area contributed by atoms with E-state index in [1.54, 1.807) is 31.2 Å². The van der Waals surface area contributed by atoms with Gasteiger partial charge in [0.05, 0.1) is 16.4 Å². The standard InChI is InChI=1S/C19H15BrClN3O3/c1-10-3-4-11(2)16(7-10)24-18(26)13(17(25)23-19(24)27)9-22-15-6-5-12(20)8-14(15)21/h3-9,26H,1-2H3,(H,23,25,27). The Bertz CT molecular complexity index is 1180. The van der Waals surface area contributed by atoms with E-state index < -0.39 is 17.1 Å². The second-order valence-electron chi connectivity index (χ2n) is 5.98. The molecule has 0 spiro atoms. The number of benzene rings is 2. The van der Waals surface area contributed by atoms with Crippen LogP contribution in [0.5, 0.6) is 5.88 Å². The van der Waals surface area contributed by atoms with Gasteiger partial charge in [-0.15, -0.1) is 0 Å². The van der Waals surface area contributed by atoms with Crippen molar-refractivity contribution in [2.45, 2.75) is 13.8 Å². The molecule has 0 fully saturated rings. The monoisotopic (exact) mass is 447 g/mol. The van der Waals surface area contributed by atoms with Gasteiger partial charge in [0.2, 0.25) is 5.88 Å². The Morgan fingerprint density at radius 2 is 1.93 bits per heavy atom. The molecule has 1 heterocycles. The molecule has 138 valence electrons. The average Bonchev–Trinajstić information content (AvgIpc) is 2.59. The smallest absolute Gasteiger partial charge is 0.335 e. The number of halogens is 2. The largest absolute Gasteiger partial charge is 0.493 e. The Balaban J connectivity index is 2.18. The van der Waals surface area contributed by atoms with Crippen LogP contribution in [-0.4, -0.2) is 20.9 Å². The highest BCUT2D eigenvalue weighted by molar-refractivity contribution is 9.10. The molecule has 0 saturated heterocycles. The predicted octanol–water partition coefficient (Wildman–Crippen LogP) is 4.01. The number of H-pyrrole nitrogens is 1. The third-order valence-electron chi connectivity index (χ3n) is 3.97. The molecule has 2 N–H and O–H groups in total. The predicted molar refractivity (Wildman–Crippen MR) is 110 cm³/mol. The van der Waals surface area contributed by atoms with Gasteiger partial charge in [0.15, 0.2) is 0 Å². The quantitative estimate of drug-likeness (QED) is 0.593. The lowest BCUT2D eigenvalue weighted by atomic mass is 10.1. The molecular formula is C19H15BrClN3O3. The molecular weight excluding hydrogens is 434 g/mol. The average molecular weight is 449 g/mol. The summed E-state index contributed by atoms with van der Waals surface area (Å²) in [6.45, 7) is 3.68. The number of aromatic nitrogens is 2. The number of rotatable bonds is 3. The lowest BCUT2D eigenvalue weighted by Gasteiger charge is -2.12. The van der Waals surface area contributed by atoms with E-state index in [2.05, 4.69) is 25.9 Å². The van der Waals surface area contributed by atoms with E-state index in [4.69, 9.17) is 11.6 Å². The zero-order valence-electron chi connectivity index (χ0n) is 14.5. The molecule has 1 aromatic heterocycles. The van der Waals surface area contributed by atoms with Crippen LogP contribution in [0.25, 0.3) is 5.69 Å². The van der Waals surface area contributed by atoms with Crippen LogP contribution in [0.15, 0.2) is 55.5 Å². The van der Waals surface area contributed by atoms with Crippen LogP contribution < -0.4 is 11.2 Å². The lowest BCUT2D eigenvalue weighted by Crippen LogP contribution is -2.31. The van der Waals surface area contributed by atoms with Gasteiger partial charge >= 0.3 is 5.69 Å². The summed E-state index contributed by atoms with van der Waals surface area (Å²) in [5, 5.41) is 11.0. The molecule has 0 radical (unpaired) electrons. The SMILES string of the molecule is Cc1ccc(C)c(-n2c(O)c(C=Nc3ccc(Br)cc3Cl)c(=O)[nH]c2=O)c1. The number of aryl methyl sites for hydroxylation is 2. The van der Waals surface area contributed by atoms with Crippen molar-refractivity contribution >= 4 is 39.4 Å². The number of aromatic hydroxyl groups is 1. The number of nitrogens with zero attached hydrogens (tertiary/aromatic N) is 2. The summed E-state index contributed by atoms with van der Waals surface area (Å²) in [7, 11) is 0. The van der Waals surface area contributed by atoms with E-state index in [0.29, 0.717) is 16.4 Å². The summed E-state index contributed by atoms with van der Waals surface area (Å²) < 4.78 is 1.84. The maximum Gasteiger partial charge on any atom is 0.335 e. The Morgan fingerprint density at radius 1 is 1.19 bits per heavy atom. The summed E-state index contributed by atoms with van der Waals surface area (Å²) in [5.74, 6) is -0.491. The van der Waals surface area contributed by atoms with Crippen LogP contribution in [0.4, 0.5) is 5.69 Å². The Morgan fingerprint density at radius 3 is 2.63 bits per heavy atom. The molecule has 3 aromatic rings. The molecule has 0 amide bonds. The molecule has 27 heavy (non-hydrogen) atoms. The maximum atomic E-state index is 12.3. The van der Waals surface area contributed by atoms with Crippen molar-refractivity contribution < 1.29 is 5.11 Å². The van der Waals surface area contributed by atoms with Crippen LogP contribution in [0.1, 0.15) is 16.7 Å². The summed E-state index contributed by atoms with van der Waals surface area (Å²) in [5.41, 5.74) is 0.956. The molecule has 0 atom stereocenters. The van der Waals surface area contributed by atoms with E-state index >= 15 is 0 Å². The second kappa shape index (κ2) is 7.54. The Kier molecular flexibility index (Phi) is 5.34. The van der Waals surface area contributed by atoms with Crippen LogP contribution in [0, 0.1) is 13.8 Å². The fraction of sp³-hybridized carbons (Fsp3) is 0.105. The van der Waals surface area contributed by atoms with E-state index in [-0.39, 0.29) is 5.56 Å². The van der Waals surface area contributed by atoms with Gasteiger partial charge in [-0.05, 0) is 49.2 Å². The van der Waals surface area contributed by atoms with E-state index in [1.165, 1.54) is 6.21 Å². The zero-order chi connectivity index (χ0) is 19.7. The molecule has 0 bridgehead atoms. The van der Waals surface area contributed by atoms with Gasteiger partial charge in [-0.25, -0.2) is 9.36 Å². The van der Waals surface area contributed by atoms with E-state index in [9.17, 15) is 14.7 Å². The molecule has 3 rings (SSSR count). The van der Waals surface area contributed by atoms with E-state index in [0.717, 1.165) is 20.2 Å². The van der Waals surface area contributed by atoms with Gasteiger partial charge in [0, 0.05) is 10.7 Å². The number of aromatic amines is 1. The van der Waals surface area contributed by atoms with E-state index in [1.807, 2.05) is 19.1 Å². The highest BCUT2D eigenvalue weighted by atomic mass is 79.9. The first-order chi connectivity index (χ1) is 12.8. The third kappa shape index (κ3) is 3.89. The molecule has 8 heteroatoms. The van der Waals surface area contributed by atoms with Crippen LogP contribution in [-0.2, 0) is 0 Å². The third-order valence-corrected chi connectivity index (χ3v) is 4.76. The minimum atomic E-state index is -0.740. The fourth-order valence-corrected chi connectivity index (χ4v) is 3.28. The molecule has 0 saturated carbocycles. The first kappa shape index (κ1) is 19.1. The number of aliphatic imine (C=N–C) groups is 1. The van der Waals surface area contributed by atoms with Crippen LogP contribution in [0.3, 0.4) is 0 Å². The van der Waals surface area contributed by atoms with Crippen molar-refractivity contribution in [1.82, 2.24) is 9.55 Å². The fourth-order valence-electron chi connectivity index (χ4n) is 2.56. The molecule has 0 aliphatic carbocycles. The maximum absolute atomic E-state index is 12.3. The first-order valence-electron chi connectivity index (χ1n) is 7.93. The number of hydrogen-bond donors (Lipinski definition) is 2. The lowest BCUT2D eigenvalue weighted by molar-refractivity contribution is 0.430. The minimum Gasteiger partial charge on any atom is -0.493 e.